The molecule has 0 aliphatic carbocycles. The van der Waals surface area contributed by atoms with Crippen molar-refractivity contribution >= 4 is 15.8 Å². The Balaban J connectivity index is 1.49. The van der Waals surface area contributed by atoms with E-state index in [1.54, 1.807) is 24.5 Å². The molecule has 1 aromatic heterocycles. The summed E-state index contributed by atoms with van der Waals surface area (Å²) in [7, 11) is -3.14. The van der Waals surface area contributed by atoms with Gasteiger partial charge in [0.2, 0.25) is 5.95 Å². The standard InChI is InChI=1S/C19H24N4O2S/c1-26(24,25)18-7-4-15(5-8-18)11-22-12-16-3-6-17(22)14-23(13-16)19-20-9-2-10-21-19/h2,4-5,7-10,16-17H,3,6,11-14H2,1H3/t16-,17-/m1/s1. The van der Waals surface area contributed by atoms with Crippen LogP contribution in [0.25, 0.3) is 0 Å². The van der Waals surface area contributed by atoms with Crippen LogP contribution in [0.3, 0.4) is 0 Å². The Labute approximate surface area is 154 Å². The molecule has 0 radical (unpaired) electrons. The third-order valence-corrected chi connectivity index (χ3v) is 6.53. The molecular weight excluding hydrogens is 348 g/mol. The monoisotopic (exact) mass is 372 g/mol. The molecule has 26 heavy (non-hydrogen) atoms. The molecule has 0 N–H and O–H groups in total. The maximum Gasteiger partial charge on any atom is 0.225 e. The van der Waals surface area contributed by atoms with Crippen molar-refractivity contribution in [3.8, 4) is 0 Å². The van der Waals surface area contributed by atoms with E-state index in [2.05, 4.69) is 19.8 Å². The molecule has 2 aromatic rings. The highest BCUT2D eigenvalue weighted by molar-refractivity contribution is 7.90. The molecule has 0 spiro atoms. The number of anilines is 1. The van der Waals surface area contributed by atoms with E-state index in [9.17, 15) is 8.42 Å². The first-order valence-electron chi connectivity index (χ1n) is 9.04. The highest BCUT2D eigenvalue weighted by Crippen LogP contribution is 2.30. The van der Waals surface area contributed by atoms with Gasteiger partial charge < -0.3 is 4.90 Å². The topological polar surface area (TPSA) is 66.4 Å². The van der Waals surface area contributed by atoms with Crippen LogP contribution in [-0.2, 0) is 16.4 Å². The number of fused-ring (bicyclic) bond motifs is 4. The predicted octanol–water partition coefficient (Wildman–Crippen LogP) is 1.98. The molecule has 2 bridgehead atoms. The first-order chi connectivity index (χ1) is 12.5. The zero-order valence-corrected chi connectivity index (χ0v) is 15.8. The Hall–Kier alpha value is -1.99. The quantitative estimate of drug-likeness (QED) is 0.818. The summed E-state index contributed by atoms with van der Waals surface area (Å²) in [5.41, 5.74) is 1.16. The van der Waals surface area contributed by atoms with Crippen LogP contribution in [0.1, 0.15) is 18.4 Å². The van der Waals surface area contributed by atoms with Gasteiger partial charge in [0.1, 0.15) is 0 Å². The van der Waals surface area contributed by atoms with Gasteiger partial charge >= 0.3 is 0 Å². The van der Waals surface area contributed by atoms with Gasteiger partial charge in [0, 0.05) is 50.9 Å². The average Bonchev–Trinajstić information content (AvgIpc) is 2.94. The van der Waals surface area contributed by atoms with Crippen molar-refractivity contribution in [2.75, 3.05) is 30.8 Å². The van der Waals surface area contributed by atoms with Gasteiger partial charge in [-0.1, -0.05) is 12.1 Å². The molecule has 3 aliphatic rings. The second-order valence-electron chi connectivity index (χ2n) is 7.40. The minimum Gasteiger partial charge on any atom is -0.339 e. The largest absolute Gasteiger partial charge is 0.339 e. The molecule has 0 unspecified atom stereocenters. The summed E-state index contributed by atoms with van der Waals surface area (Å²) in [6, 6.07) is 9.63. The summed E-state index contributed by atoms with van der Waals surface area (Å²) >= 11 is 0. The van der Waals surface area contributed by atoms with E-state index in [0.717, 1.165) is 37.7 Å². The Morgan fingerprint density at radius 1 is 1.04 bits per heavy atom. The molecule has 138 valence electrons. The number of aromatic nitrogens is 2. The summed E-state index contributed by atoms with van der Waals surface area (Å²) in [6.45, 7) is 3.88. The Kier molecular flexibility index (Phi) is 4.67. The Morgan fingerprint density at radius 2 is 1.77 bits per heavy atom. The maximum atomic E-state index is 11.6. The van der Waals surface area contributed by atoms with E-state index >= 15 is 0 Å². The number of nitrogens with zero attached hydrogens (tertiary/aromatic N) is 4. The van der Waals surface area contributed by atoms with Crippen LogP contribution >= 0.6 is 0 Å². The third-order valence-electron chi connectivity index (χ3n) is 5.40. The van der Waals surface area contributed by atoms with Crippen molar-refractivity contribution < 1.29 is 8.42 Å². The first-order valence-corrected chi connectivity index (χ1v) is 10.9. The van der Waals surface area contributed by atoms with Crippen molar-refractivity contribution in [3.05, 3.63) is 48.3 Å². The van der Waals surface area contributed by atoms with Crippen molar-refractivity contribution in [2.24, 2.45) is 5.92 Å². The van der Waals surface area contributed by atoms with E-state index in [-0.39, 0.29) is 0 Å². The number of hydrogen-bond donors (Lipinski definition) is 0. The van der Waals surface area contributed by atoms with E-state index in [4.69, 9.17) is 0 Å². The number of hydrogen-bond acceptors (Lipinski definition) is 6. The highest BCUT2D eigenvalue weighted by atomic mass is 32.2. The molecular formula is C19H24N4O2S. The van der Waals surface area contributed by atoms with Crippen LogP contribution in [-0.4, -0.2) is 55.2 Å². The lowest BCUT2D eigenvalue weighted by Crippen LogP contribution is -2.43. The van der Waals surface area contributed by atoms with E-state index in [0.29, 0.717) is 16.9 Å². The van der Waals surface area contributed by atoms with Gasteiger partial charge in [-0.3, -0.25) is 4.90 Å². The van der Waals surface area contributed by atoms with Crippen LogP contribution in [0.4, 0.5) is 5.95 Å². The van der Waals surface area contributed by atoms with Gasteiger partial charge in [-0.05, 0) is 42.5 Å². The van der Waals surface area contributed by atoms with Gasteiger partial charge in [-0.25, -0.2) is 18.4 Å². The lowest BCUT2D eigenvalue weighted by atomic mass is 9.94. The van der Waals surface area contributed by atoms with Crippen molar-refractivity contribution in [3.63, 3.8) is 0 Å². The molecule has 3 aliphatic heterocycles. The van der Waals surface area contributed by atoms with Crippen LogP contribution < -0.4 is 4.90 Å². The zero-order chi connectivity index (χ0) is 18.1. The lowest BCUT2D eigenvalue weighted by molar-refractivity contribution is 0.126. The molecule has 0 amide bonds. The Bertz CT molecular complexity index is 855. The van der Waals surface area contributed by atoms with Crippen LogP contribution in [0.15, 0.2) is 47.6 Å². The van der Waals surface area contributed by atoms with E-state index in [1.165, 1.54) is 19.1 Å². The van der Waals surface area contributed by atoms with Crippen LogP contribution in [0, 0.1) is 5.92 Å². The van der Waals surface area contributed by atoms with Crippen molar-refractivity contribution in [1.29, 1.82) is 0 Å². The van der Waals surface area contributed by atoms with Gasteiger partial charge in [0.15, 0.2) is 9.84 Å². The van der Waals surface area contributed by atoms with Gasteiger partial charge in [0.05, 0.1) is 4.90 Å². The summed E-state index contributed by atoms with van der Waals surface area (Å²) in [4.78, 5) is 14.1. The van der Waals surface area contributed by atoms with Crippen molar-refractivity contribution in [2.45, 2.75) is 30.3 Å². The molecule has 0 saturated carbocycles. The molecule has 7 heteroatoms. The van der Waals surface area contributed by atoms with Crippen molar-refractivity contribution in [1.82, 2.24) is 14.9 Å². The highest BCUT2D eigenvalue weighted by Gasteiger charge is 2.35. The van der Waals surface area contributed by atoms with E-state index in [1.807, 2.05) is 18.2 Å². The molecule has 3 fully saturated rings. The van der Waals surface area contributed by atoms with Gasteiger partial charge in [-0.15, -0.1) is 0 Å². The smallest absolute Gasteiger partial charge is 0.225 e. The second kappa shape index (κ2) is 6.96. The third kappa shape index (κ3) is 3.73. The molecule has 6 nitrogen and oxygen atoms in total. The molecule has 2 atom stereocenters. The fourth-order valence-corrected chi connectivity index (χ4v) is 4.70. The predicted molar refractivity (Wildman–Crippen MR) is 101 cm³/mol. The summed E-state index contributed by atoms with van der Waals surface area (Å²) in [5, 5.41) is 0. The zero-order valence-electron chi connectivity index (χ0n) is 15.0. The molecule has 5 rings (SSSR count). The summed E-state index contributed by atoms with van der Waals surface area (Å²) in [5.74, 6) is 1.44. The maximum absolute atomic E-state index is 11.6. The fraction of sp³-hybridized carbons (Fsp3) is 0.474. The first kappa shape index (κ1) is 17.4. The second-order valence-corrected chi connectivity index (χ2v) is 9.41. The normalized spacial score (nSPS) is 23.8. The molecule has 4 heterocycles. The Morgan fingerprint density at radius 3 is 2.46 bits per heavy atom. The number of rotatable bonds is 4. The number of piperidine rings is 1. The minimum absolute atomic E-state index is 0.381. The lowest BCUT2D eigenvalue weighted by Gasteiger charge is -2.36. The fourth-order valence-electron chi connectivity index (χ4n) is 4.07. The van der Waals surface area contributed by atoms with Gasteiger partial charge in [-0.2, -0.15) is 0 Å². The van der Waals surface area contributed by atoms with Crippen LogP contribution in [0.5, 0.6) is 0 Å². The molecule has 1 aromatic carbocycles. The average molecular weight is 372 g/mol. The SMILES string of the molecule is CS(=O)(=O)c1ccc(CN2C[C@H]3CC[C@@H]2CN(c2ncccn2)C3)cc1. The number of sulfone groups is 1. The molecule has 3 saturated heterocycles. The van der Waals surface area contributed by atoms with E-state index < -0.39 is 9.84 Å². The summed E-state index contributed by atoms with van der Waals surface area (Å²) < 4.78 is 23.3. The summed E-state index contributed by atoms with van der Waals surface area (Å²) in [6.07, 6.45) is 7.29. The number of benzene rings is 1. The van der Waals surface area contributed by atoms with Gasteiger partial charge in [0.25, 0.3) is 0 Å². The van der Waals surface area contributed by atoms with Crippen LogP contribution in [0.2, 0.25) is 0 Å². The minimum atomic E-state index is -3.14.